The monoisotopic (exact) mass is 237 g/mol. The molecule has 3 heteroatoms. The SMILES string of the molecule is CCCNCCC(C)Cc1cc(CC)nn1C. The van der Waals surface area contributed by atoms with Gasteiger partial charge in [-0.15, -0.1) is 0 Å². The van der Waals surface area contributed by atoms with E-state index in [4.69, 9.17) is 0 Å². The average molecular weight is 237 g/mol. The van der Waals surface area contributed by atoms with E-state index in [9.17, 15) is 0 Å². The number of rotatable bonds is 8. The van der Waals surface area contributed by atoms with Gasteiger partial charge in [-0.2, -0.15) is 5.10 Å². The topological polar surface area (TPSA) is 29.9 Å². The Hall–Kier alpha value is -0.830. The second-order valence-corrected chi connectivity index (χ2v) is 4.95. The smallest absolute Gasteiger partial charge is 0.0624 e. The number of hydrogen-bond acceptors (Lipinski definition) is 2. The van der Waals surface area contributed by atoms with Crippen LogP contribution in [0.5, 0.6) is 0 Å². The van der Waals surface area contributed by atoms with Crippen molar-refractivity contribution in [3.63, 3.8) is 0 Å². The maximum absolute atomic E-state index is 4.49. The predicted octanol–water partition coefficient (Wildman–Crippen LogP) is 2.55. The van der Waals surface area contributed by atoms with Crippen LogP contribution in [0, 0.1) is 5.92 Å². The molecule has 0 aliphatic carbocycles. The molecule has 0 saturated carbocycles. The van der Waals surface area contributed by atoms with Crippen molar-refractivity contribution in [2.45, 2.75) is 46.5 Å². The van der Waals surface area contributed by atoms with Gasteiger partial charge in [0.15, 0.2) is 0 Å². The van der Waals surface area contributed by atoms with Gasteiger partial charge in [0.1, 0.15) is 0 Å². The lowest BCUT2D eigenvalue weighted by Gasteiger charge is -2.11. The standard InChI is InChI=1S/C14H27N3/c1-5-8-15-9-7-12(3)10-14-11-13(6-2)16-17(14)4/h11-12,15H,5-10H2,1-4H3. The lowest BCUT2D eigenvalue weighted by atomic mass is 10.0. The van der Waals surface area contributed by atoms with Crippen LogP contribution in [0.2, 0.25) is 0 Å². The predicted molar refractivity (Wildman–Crippen MR) is 73.2 cm³/mol. The van der Waals surface area contributed by atoms with E-state index in [1.165, 1.54) is 24.2 Å². The van der Waals surface area contributed by atoms with Crippen molar-refractivity contribution in [2.24, 2.45) is 13.0 Å². The molecule has 0 aliphatic rings. The summed E-state index contributed by atoms with van der Waals surface area (Å²) in [5, 5.41) is 7.95. The van der Waals surface area contributed by atoms with Gasteiger partial charge in [-0.05, 0) is 50.8 Å². The van der Waals surface area contributed by atoms with Crippen molar-refractivity contribution in [3.05, 3.63) is 17.5 Å². The van der Waals surface area contributed by atoms with E-state index in [2.05, 4.69) is 44.3 Å². The molecule has 1 atom stereocenters. The van der Waals surface area contributed by atoms with Gasteiger partial charge in [0.25, 0.3) is 0 Å². The fourth-order valence-corrected chi connectivity index (χ4v) is 2.04. The zero-order valence-corrected chi connectivity index (χ0v) is 11.8. The molecule has 0 spiro atoms. The van der Waals surface area contributed by atoms with Gasteiger partial charge >= 0.3 is 0 Å². The van der Waals surface area contributed by atoms with E-state index in [-0.39, 0.29) is 0 Å². The highest BCUT2D eigenvalue weighted by Crippen LogP contribution is 2.12. The Morgan fingerprint density at radius 2 is 2.12 bits per heavy atom. The van der Waals surface area contributed by atoms with Crippen LogP contribution in [-0.4, -0.2) is 22.9 Å². The molecule has 0 bridgehead atoms. The second-order valence-electron chi connectivity index (χ2n) is 4.95. The van der Waals surface area contributed by atoms with E-state index in [1.54, 1.807) is 0 Å². The Kier molecular flexibility index (Phi) is 6.27. The summed E-state index contributed by atoms with van der Waals surface area (Å²) < 4.78 is 2.04. The Labute approximate surface area is 106 Å². The molecule has 1 N–H and O–H groups in total. The maximum Gasteiger partial charge on any atom is 0.0624 e. The van der Waals surface area contributed by atoms with E-state index in [0.717, 1.165) is 31.8 Å². The van der Waals surface area contributed by atoms with Gasteiger partial charge in [-0.25, -0.2) is 0 Å². The molecule has 17 heavy (non-hydrogen) atoms. The summed E-state index contributed by atoms with van der Waals surface area (Å²) in [7, 11) is 2.05. The molecular formula is C14H27N3. The second kappa shape index (κ2) is 7.49. The molecule has 98 valence electrons. The van der Waals surface area contributed by atoms with Crippen LogP contribution in [0.3, 0.4) is 0 Å². The third-order valence-electron chi connectivity index (χ3n) is 3.19. The van der Waals surface area contributed by atoms with Gasteiger partial charge in [0, 0.05) is 12.7 Å². The number of aromatic nitrogens is 2. The van der Waals surface area contributed by atoms with Gasteiger partial charge < -0.3 is 5.32 Å². The first-order valence-corrected chi connectivity index (χ1v) is 6.89. The number of hydrogen-bond donors (Lipinski definition) is 1. The fraction of sp³-hybridized carbons (Fsp3) is 0.786. The molecule has 0 aliphatic heterocycles. The molecule has 0 radical (unpaired) electrons. The van der Waals surface area contributed by atoms with Crippen LogP contribution in [0.1, 0.15) is 45.0 Å². The number of nitrogens with one attached hydrogen (secondary N) is 1. The summed E-state index contributed by atoms with van der Waals surface area (Å²) in [5.74, 6) is 0.722. The summed E-state index contributed by atoms with van der Waals surface area (Å²) in [5.41, 5.74) is 2.57. The van der Waals surface area contributed by atoms with E-state index < -0.39 is 0 Å². The zero-order valence-electron chi connectivity index (χ0n) is 11.8. The number of nitrogens with zero attached hydrogens (tertiary/aromatic N) is 2. The van der Waals surface area contributed by atoms with E-state index in [1.807, 2.05) is 4.68 Å². The largest absolute Gasteiger partial charge is 0.317 e. The molecule has 0 aromatic carbocycles. The Morgan fingerprint density at radius 1 is 1.35 bits per heavy atom. The first-order chi connectivity index (χ1) is 8.17. The van der Waals surface area contributed by atoms with Crippen molar-refractivity contribution < 1.29 is 0 Å². The van der Waals surface area contributed by atoms with Crippen LogP contribution in [0.25, 0.3) is 0 Å². The minimum absolute atomic E-state index is 0.722. The molecule has 0 amide bonds. The summed E-state index contributed by atoms with van der Waals surface area (Å²) in [6.45, 7) is 8.96. The van der Waals surface area contributed by atoms with Crippen molar-refractivity contribution in [1.29, 1.82) is 0 Å². The Morgan fingerprint density at radius 3 is 2.71 bits per heavy atom. The van der Waals surface area contributed by atoms with Crippen molar-refractivity contribution >= 4 is 0 Å². The van der Waals surface area contributed by atoms with Crippen molar-refractivity contribution in [1.82, 2.24) is 15.1 Å². The maximum atomic E-state index is 4.49. The molecule has 1 aromatic rings. The Bertz CT molecular complexity index is 317. The molecule has 3 nitrogen and oxygen atoms in total. The summed E-state index contributed by atoms with van der Waals surface area (Å²) >= 11 is 0. The van der Waals surface area contributed by atoms with Gasteiger partial charge in [-0.3, -0.25) is 4.68 Å². The minimum atomic E-state index is 0.722. The fourth-order valence-electron chi connectivity index (χ4n) is 2.04. The zero-order chi connectivity index (χ0) is 12.7. The van der Waals surface area contributed by atoms with Crippen molar-refractivity contribution in [2.75, 3.05) is 13.1 Å². The number of aryl methyl sites for hydroxylation is 2. The summed E-state index contributed by atoms with van der Waals surface area (Å²) in [6.07, 6.45) is 4.63. The first kappa shape index (κ1) is 14.2. The van der Waals surface area contributed by atoms with Crippen LogP contribution in [0.4, 0.5) is 0 Å². The first-order valence-electron chi connectivity index (χ1n) is 6.89. The lowest BCUT2D eigenvalue weighted by Crippen LogP contribution is -2.19. The third-order valence-corrected chi connectivity index (χ3v) is 3.19. The normalized spacial score (nSPS) is 12.9. The highest BCUT2D eigenvalue weighted by Gasteiger charge is 2.08. The van der Waals surface area contributed by atoms with Gasteiger partial charge in [0.05, 0.1) is 5.69 Å². The van der Waals surface area contributed by atoms with Gasteiger partial charge in [-0.1, -0.05) is 20.8 Å². The molecule has 0 fully saturated rings. The van der Waals surface area contributed by atoms with Crippen molar-refractivity contribution in [3.8, 4) is 0 Å². The summed E-state index contributed by atoms with van der Waals surface area (Å²) in [6, 6.07) is 2.25. The molecule has 0 saturated heterocycles. The molecule has 1 aromatic heterocycles. The highest BCUT2D eigenvalue weighted by molar-refractivity contribution is 5.10. The molecule has 1 heterocycles. The van der Waals surface area contributed by atoms with E-state index >= 15 is 0 Å². The third kappa shape index (κ3) is 4.90. The summed E-state index contributed by atoms with van der Waals surface area (Å²) in [4.78, 5) is 0. The minimum Gasteiger partial charge on any atom is -0.317 e. The van der Waals surface area contributed by atoms with Gasteiger partial charge in [0.2, 0.25) is 0 Å². The molecule has 1 unspecified atom stereocenters. The van der Waals surface area contributed by atoms with Crippen LogP contribution in [-0.2, 0) is 19.9 Å². The lowest BCUT2D eigenvalue weighted by molar-refractivity contribution is 0.484. The molecule has 1 rings (SSSR count). The van der Waals surface area contributed by atoms with Crippen LogP contribution >= 0.6 is 0 Å². The quantitative estimate of drug-likeness (QED) is 0.704. The molecular weight excluding hydrogens is 210 g/mol. The van der Waals surface area contributed by atoms with Crippen LogP contribution in [0.15, 0.2) is 6.07 Å². The van der Waals surface area contributed by atoms with E-state index in [0.29, 0.717) is 0 Å². The average Bonchev–Trinajstić information content (AvgIpc) is 2.66. The highest BCUT2D eigenvalue weighted by atomic mass is 15.3. The Balaban J connectivity index is 2.34. The van der Waals surface area contributed by atoms with Crippen LogP contribution < -0.4 is 5.32 Å².